The minimum absolute atomic E-state index is 0.152. The van der Waals surface area contributed by atoms with E-state index in [-0.39, 0.29) is 5.91 Å². The average molecular weight is 281 g/mol. The highest BCUT2D eigenvalue weighted by atomic mass is 16.1. The highest BCUT2D eigenvalue weighted by molar-refractivity contribution is 5.84. The molecular weight excluding hydrogens is 250 g/mol. The monoisotopic (exact) mass is 281 g/mol. The van der Waals surface area contributed by atoms with Crippen molar-refractivity contribution in [2.24, 2.45) is 11.7 Å². The topological polar surface area (TPSA) is 58.4 Å². The maximum absolute atomic E-state index is 12.0. The minimum atomic E-state index is -0.459. The lowest BCUT2D eigenvalue weighted by Gasteiger charge is -2.45. The molecular formula is C16H31N3O. The van der Waals surface area contributed by atoms with Gasteiger partial charge in [0.1, 0.15) is 0 Å². The summed E-state index contributed by atoms with van der Waals surface area (Å²) in [7, 11) is 0. The van der Waals surface area contributed by atoms with Gasteiger partial charge in [-0.1, -0.05) is 13.8 Å². The molecule has 2 aliphatic rings. The van der Waals surface area contributed by atoms with Gasteiger partial charge in [-0.25, -0.2) is 0 Å². The first kappa shape index (κ1) is 15.8. The molecule has 1 amide bonds. The summed E-state index contributed by atoms with van der Waals surface area (Å²) in [4.78, 5) is 14.6. The molecule has 1 saturated heterocycles. The largest absolute Gasteiger partial charge is 0.368 e. The van der Waals surface area contributed by atoms with Crippen molar-refractivity contribution in [3.05, 3.63) is 0 Å². The second kappa shape index (κ2) is 6.90. The number of primary amides is 1. The fraction of sp³-hybridized carbons (Fsp3) is 0.938. The second-order valence-corrected chi connectivity index (χ2v) is 6.87. The van der Waals surface area contributed by atoms with Crippen molar-refractivity contribution < 1.29 is 4.79 Å². The van der Waals surface area contributed by atoms with Crippen LogP contribution in [0.15, 0.2) is 0 Å². The number of carbonyl (C=O) groups is 1. The van der Waals surface area contributed by atoms with Crippen molar-refractivity contribution in [3.63, 3.8) is 0 Å². The van der Waals surface area contributed by atoms with Crippen LogP contribution in [0.5, 0.6) is 0 Å². The Labute approximate surface area is 123 Å². The average Bonchev–Trinajstić information content (AvgIpc) is 2.45. The van der Waals surface area contributed by atoms with Crippen LogP contribution in [0.25, 0.3) is 0 Å². The Hall–Kier alpha value is -0.610. The zero-order valence-corrected chi connectivity index (χ0v) is 13.2. The SMILES string of the molecule is CCCNC1(C(N)=O)CCCC(N2CCCC(C)C2)C1. The van der Waals surface area contributed by atoms with Crippen LogP contribution in [-0.4, -0.2) is 42.0 Å². The van der Waals surface area contributed by atoms with E-state index in [4.69, 9.17) is 5.73 Å². The van der Waals surface area contributed by atoms with Crippen molar-refractivity contribution in [1.82, 2.24) is 10.2 Å². The van der Waals surface area contributed by atoms with E-state index in [1.807, 2.05) is 0 Å². The number of nitrogens with one attached hydrogen (secondary N) is 1. The summed E-state index contributed by atoms with van der Waals surface area (Å²) >= 11 is 0. The molecule has 0 aromatic heterocycles. The molecule has 0 bridgehead atoms. The predicted octanol–water partition coefficient (Wildman–Crippen LogP) is 1.88. The number of piperidine rings is 1. The fourth-order valence-corrected chi connectivity index (χ4v) is 3.95. The first-order valence-electron chi connectivity index (χ1n) is 8.36. The number of carbonyl (C=O) groups excluding carboxylic acids is 1. The van der Waals surface area contributed by atoms with Gasteiger partial charge in [0.25, 0.3) is 0 Å². The maximum atomic E-state index is 12.0. The third-order valence-corrected chi connectivity index (χ3v) is 5.11. The number of nitrogens with zero attached hydrogens (tertiary/aromatic N) is 1. The van der Waals surface area contributed by atoms with E-state index < -0.39 is 5.54 Å². The summed E-state index contributed by atoms with van der Waals surface area (Å²) in [6.45, 7) is 7.73. The van der Waals surface area contributed by atoms with E-state index in [9.17, 15) is 4.79 Å². The molecule has 3 unspecified atom stereocenters. The Morgan fingerprint density at radius 3 is 2.85 bits per heavy atom. The zero-order chi connectivity index (χ0) is 14.6. The number of hydrogen-bond acceptors (Lipinski definition) is 3. The molecule has 0 spiro atoms. The van der Waals surface area contributed by atoms with Crippen LogP contribution in [0, 0.1) is 5.92 Å². The summed E-state index contributed by atoms with van der Waals surface area (Å²) in [5.41, 5.74) is 5.28. The molecule has 2 fully saturated rings. The van der Waals surface area contributed by atoms with E-state index in [1.165, 1.54) is 32.4 Å². The smallest absolute Gasteiger partial charge is 0.237 e. The molecule has 1 aliphatic heterocycles. The van der Waals surface area contributed by atoms with E-state index in [2.05, 4.69) is 24.1 Å². The van der Waals surface area contributed by atoms with Crippen molar-refractivity contribution >= 4 is 5.91 Å². The summed E-state index contributed by atoms with van der Waals surface area (Å²) in [6, 6.07) is 0.531. The molecule has 3 N–H and O–H groups in total. The first-order valence-corrected chi connectivity index (χ1v) is 8.36. The van der Waals surface area contributed by atoms with Crippen molar-refractivity contribution in [2.75, 3.05) is 19.6 Å². The molecule has 1 saturated carbocycles. The fourth-order valence-electron chi connectivity index (χ4n) is 3.95. The summed E-state index contributed by atoms with van der Waals surface area (Å²) < 4.78 is 0. The van der Waals surface area contributed by atoms with E-state index in [1.54, 1.807) is 0 Å². The summed E-state index contributed by atoms with van der Waals surface area (Å²) in [6.07, 6.45) is 7.81. The van der Waals surface area contributed by atoms with Crippen LogP contribution in [-0.2, 0) is 4.79 Å². The lowest BCUT2D eigenvalue weighted by atomic mass is 9.77. The Bertz CT molecular complexity index is 334. The van der Waals surface area contributed by atoms with Crippen LogP contribution in [0.3, 0.4) is 0 Å². The van der Waals surface area contributed by atoms with Gasteiger partial charge >= 0.3 is 0 Å². The van der Waals surface area contributed by atoms with Gasteiger partial charge in [-0.2, -0.15) is 0 Å². The van der Waals surface area contributed by atoms with Crippen molar-refractivity contribution in [2.45, 2.75) is 70.4 Å². The molecule has 4 heteroatoms. The Morgan fingerprint density at radius 2 is 2.20 bits per heavy atom. The summed E-state index contributed by atoms with van der Waals surface area (Å²) in [5, 5.41) is 3.46. The molecule has 116 valence electrons. The third-order valence-electron chi connectivity index (χ3n) is 5.11. The molecule has 3 atom stereocenters. The highest BCUT2D eigenvalue weighted by Gasteiger charge is 2.42. The van der Waals surface area contributed by atoms with Gasteiger partial charge in [0.15, 0.2) is 0 Å². The van der Waals surface area contributed by atoms with E-state index in [0.29, 0.717) is 6.04 Å². The Morgan fingerprint density at radius 1 is 1.40 bits per heavy atom. The molecule has 0 aromatic rings. The van der Waals surface area contributed by atoms with Crippen LogP contribution in [0.1, 0.15) is 58.8 Å². The van der Waals surface area contributed by atoms with Crippen molar-refractivity contribution in [3.8, 4) is 0 Å². The van der Waals surface area contributed by atoms with Crippen LogP contribution < -0.4 is 11.1 Å². The van der Waals surface area contributed by atoms with Crippen molar-refractivity contribution in [1.29, 1.82) is 0 Å². The van der Waals surface area contributed by atoms with E-state index in [0.717, 1.165) is 38.1 Å². The van der Waals surface area contributed by atoms with Gasteiger partial charge in [-0.05, 0) is 64.0 Å². The molecule has 1 aliphatic carbocycles. The third kappa shape index (κ3) is 3.53. The molecule has 1 heterocycles. The molecule has 4 nitrogen and oxygen atoms in total. The zero-order valence-electron chi connectivity index (χ0n) is 13.2. The van der Waals surface area contributed by atoms with E-state index >= 15 is 0 Å². The van der Waals surface area contributed by atoms with Gasteiger partial charge in [-0.15, -0.1) is 0 Å². The van der Waals surface area contributed by atoms with Gasteiger partial charge in [-0.3, -0.25) is 4.79 Å². The number of hydrogen-bond donors (Lipinski definition) is 2. The molecule has 0 aromatic carbocycles. The highest BCUT2D eigenvalue weighted by Crippen LogP contribution is 2.33. The van der Waals surface area contributed by atoms with Crippen LogP contribution in [0.4, 0.5) is 0 Å². The standard InChI is InChI=1S/C16H31N3O/c1-3-9-18-16(15(17)20)8-4-7-14(11-16)19-10-5-6-13(2)12-19/h13-14,18H,3-12H2,1-2H3,(H2,17,20). The predicted molar refractivity (Wildman–Crippen MR) is 82.4 cm³/mol. The second-order valence-electron chi connectivity index (χ2n) is 6.87. The maximum Gasteiger partial charge on any atom is 0.237 e. The van der Waals surface area contributed by atoms with Crippen LogP contribution >= 0.6 is 0 Å². The number of likely N-dealkylation sites (tertiary alicyclic amines) is 1. The molecule has 0 radical (unpaired) electrons. The number of nitrogens with two attached hydrogens (primary N) is 1. The minimum Gasteiger partial charge on any atom is -0.368 e. The van der Waals surface area contributed by atoms with Gasteiger partial charge < -0.3 is 16.0 Å². The summed E-state index contributed by atoms with van der Waals surface area (Å²) in [5.74, 6) is 0.637. The number of amides is 1. The van der Waals surface area contributed by atoms with Gasteiger partial charge in [0, 0.05) is 12.6 Å². The Kier molecular flexibility index (Phi) is 5.44. The van der Waals surface area contributed by atoms with Crippen LogP contribution in [0.2, 0.25) is 0 Å². The van der Waals surface area contributed by atoms with Gasteiger partial charge in [0.05, 0.1) is 5.54 Å². The lowest BCUT2D eigenvalue weighted by Crippen LogP contribution is -2.61. The Balaban J connectivity index is 2.03. The molecule has 2 rings (SSSR count). The molecule has 20 heavy (non-hydrogen) atoms. The first-order chi connectivity index (χ1) is 9.57. The number of rotatable bonds is 5. The normalized spacial score (nSPS) is 35.9. The lowest BCUT2D eigenvalue weighted by molar-refractivity contribution is -0.127. The van der Waals surface area contributed by atoms with Gasteiger partial charge in [0.2, 0.25) is 5.91 Å². The quantitative estimate of drug-likeness (QED) is 0.809.